The number of sulfonamides is 1. The van der Waals surface area contributed by atoms with Crippen molar-refractivity contribution >= 4 is 27.3 Å². The molecule has 0 aliphatic heterocycles. The molecule has 0 atom stereocenters. The standard InChI is InChI=1S/C17H14ClF6NO2S/c18-6-1-7-28(26,27)25-15-5-4-13(19)16(21)12(15)8-10-2-3-11(9-14(10)20)17(22,23)24/h2-5,9,25H,1,6-8H2. The van der Waals surface area contributed by atoms with Crippen molar-refractivity contribution in [3.63, 3.8) is 0 Å². The molecule has 0 bridgehead atoms. The molecule has 0 saturated heterocycles. The van der Waals surface area contributed by atoms with Crippen LogP contribution in [0.3, 0.4) is 0 Å². The van der Waals surface area contributed by atoms with E-state index >= 15 is 0 Å². The zero-order valence-corrected chi connectivity index (χ0v) is 15.7. The van der Waals surface area contributed by atoms with E-state index in [2.05, 4.69) is 4.72 Å². The molecular formula is C17H14ClF6NO2S. The number of nitrogens with one attached hydrogen (secondary N) is 1. The zero-order valence-electron chi connectivity index (χ0n) is 14.1. The summed E-state index contributed by atoms with van der Waals surface area (Å²) in [7, 11) is -3.94. The van der Waals surface area contributed by atoms with Crippen LogP contribution in [0.5, 0.6) is 0 Å². The number of halogens is 7. The molecule has 0 saturated carbocycles. The Bertz CT molecular complexity index is 963. The van der Waals surface area contributed by atoms with Crippen molar-refractivity contribution in [1.82, 2.24) is 0 Å². The van der Waals surface area contributed by atoms with Crippen LogP contribution >= 0.6 is 11.6 Å². The quantitative estimate of drug-likeness (QED) is 0.477. The number of rotatable bonds is 7. The van der Waals surface area contributed by atoms with Crippen molar-refractivity contribution in [2.75, 3.05) is 16.4 Å². The van der Waals surface area contributed by atoms with Gasteiger partial charge in [-0.25, -0.2) is 21.6 Å². The molecular weight excluding hydrogens is 432 g/mol. The van der Waals surface area contributed by atoms with Crippen molar-refractivity contribution in [2.45, 2.75) is 19.0 Å². The summed E-state index contributed by atoms with van der Waals surface area (Å²) >= 11 is 5.43. The van der Waals surface area contributed by atoms with Gasteiger partial charge in [0.2, 0.25) is 10.0 Å². The van der Waals surface area contributed by atoms with Crippen LogP contribution in [0.1, 0.15) is 23.1 Å². The van der Waals surface area contributed by atoms with Gasteiger partial charge in [-0.1, -0.05) is 6.07 Å². The summed E-state index contributed by atoms with van der Waals surface area (Å²) in [6.07, 6.45) is -5.34. The molecule has 2 rings (SSSR count). The minimum atomic E-state index is -4.77. The molecule has 154 valence electrons. The SMILES string of the molecule is O=S(=O)(CCCCl)Nc1ccc(F)c(F)c1Cc1ccc(C(F)(F)F)cc1F. The average molecular weight is 446 g/mol. The molecule has 0 unspecified atom stereocenters. The van der Waals surface area contributed by atoms with Gasteiger partial charge in [-0.15, -0.1) is 11.6 Å². The molecule has 28 heavy (non-hydrogen) atoms. The molecule has 3 nitrogen and oxygen atoms in total. The Morgan fingerprint density at radius 2 is 1.68 bits per heavy atom. The summed E-state index contributed by atoms with van der Waals surface area (Å²) in [6.45, 7) is 0. The molecule has 0 heterocycles. The Morgan fingerprint density at radius 1 is 1.00 bits per heavy atom. The lowest BCUT2D eigenvalue weighted by atomic mass is 10.0. The van der Waals surface area contributed by atoms with E-state index in [4.69, 9.17) is 11.6 Å². The third-order valence-electron chi connectivity index (χ3n) is 3.76. The normalized spacial score (nSPS) is 12.2. The number of hydrogen-bond donors (Lipinski definition) is 1. The predicted octanol–water partition coefficient (Wildman–Crippen LogP) is 5.08. The second-order valence-electron chi connectivity index (χ2n) is 5.83. The van der Waals surface area contributed by atoms with Crippen molar-refractivity contribution < 1.29 is 34.8 Å². The Kier molecular flexibility index (Phi) is 6.87. The van der Waals surface area contributed by atoms with Crippen LogP contribution in [0.2, 0.25) is 0 Å². The summed E-state index contributed by atoms with van der Waals surface area (Å²) in [6, 6.07) is 3.25. The highest BCUT2D eigenvalue weighted by Crippen LogP contribution is 2.32. The van der Waals surface area contributed by atoms with Gasteiger partial charge in [-0.2, -0.15) is 13.2 Å². The van der Waals surface area contributed by atoms with E-state index in [1.54, 1.807) is 0 Å². The van der Waals surface area contributed by atoms with Gasteiger partial charge in [-0.3, -0.25) is 4.72 Å². The Balaban J connectivity index is 2.41. The molecule has 1 N–H and O–H groups in total. The van der Waals surface area contributed by atoms with Crippen molar-refractivity contribution in [3.05, 3.63) is 64.5 Å². The molecule has 11 heteroatoms. The number of hydrogen-bond acceptors (Lipinski definition) is 2. The molecule has 0 radical (unpaired) electrons. The van der Waals surface area contributed by atoms with Gasteiger partial charge in [-0.05, 0) is 36.2 Å². The third kappa shape index (κ3) is 5.54. The van der Waals surface area contributed by atoms with Crippen LogP contribution in [-0.4, -0.2) is 20.1 Å². The Hall–Kier alpha value is -1.94. The first-order valence-electron chi connectivity index (χ1n) is 7.83. The lowest BCUT2D eigenvalue weighted by Gasteiger charge is -2.15. The maximum Gasteiger partial charge on any atom is 0.416 e. The average Bonchev–Trinajstić information content (AvgIpc) is 2.60. The number of benzene rings is 2. The van der Waals surface area contributed by atoms with Crippen LogP contribution in [0.25, 0.3) is 0 Å². The molecule has 2 aromatic carbocycles. The topological polar surface area (TPSA) is 46.2 Å². The summed E-state index contributed by atoms with van der Waals surface area (Å²) in [4.78, 5) is 0. The molecule has 0 spiro atoms. The van der Waals surface area contributed by atoms with Crippen LogP contribution in [-0.2, 0) is 22.6 Å². The van der Waals surface area contributed by atoms with E-state index in [0.717, 1.165) is 12.1 Å². The maximum atomic E-state index is 14.2. The summed E-state index contributed by atoms with van der Waals surface area (Å²) in [5, 5.41) is 0. The predicted molar refractivity (Wildman–Crippen MR) is 93.3 cm³/mol. The van der Waals surface area contributed by atoms with E-state index in [1.165, 1.54) is 0 Å². The Labute approximate surface area is 162 Å². The highest BCUT2D eigenvalue weighted by Gasteiger charge is 2.31. The molecule has 0 aliphatic rings. The van der Waals surface area contributed by atoms with E-state index in [1.807, 2.05) is 0 Å². The number of anilines is 1. The van der Waals surface area contributed by atoms with Crippen molar-refractivity contribution in [2.24, 2.45) is 0 Å². The minimum absolute atomic E-state index is 0.0578. The van der Waals surface area contributed by atoms with Crippen molar-refractivity contribution in [1.29, 1.82) is 0 Å². The molecule has 0 aromatic heterocycles. The minimum Gasteiger partial charge on any atom is -0.283 e. The lowest BCUT2D eigenvalue weighted by molar-refractivity contribution is -0.137. The molecule has 2 aromatic rings. The second kappa shape index (κ2) is 8.60. The van der Waals surface area contributed by atoms with Crippen LogP contribution < -0.4 is 4.72 Å². The Morgan fingerprint density at radius 3 is 2.25 bits per heavy atom. The van der Waals surface area contributed by atoms with Gasteiger partial charge >= 0.3 is 6.18 Å². The van der Waals surface area contributed by atoms with E-state index in [9.17, 15) is 34.8 Å². The fraction of sp³-hybridized carbons (Fsp3) is 0.294. The first kappa shape index (κ1) is 22.4. The first-order valence-corrected chi connectivity index (χ1v) is 10.0. The lowest BCUT2D eigenvalue weighted by Crippen LogP contribution is -2.19. The largest absolute Gasteiger partial charge is 0.416 e. The van der Waals surface area contributed by atoms with Crippen LogP contribution in [0, 0.1) is 17.5 Å². The number of alkyl halides is 4. The van der Waals surface area contributed by atoms with Gasteiger partial charge in [0.1, 0.15) is 5.82 Å². The van der Waals surface area contributed by atoms with Gasteiger partial charge in [0.05, 0.1) is 17.0 Å². The van der Waals surface area contributed by atoms with E-state index in [-0.39, 0.29) is 35.4 Å². The molecule has 0 aliphatic carbocycles. The summed E-state index contributed by atoms with van der Waals surface area (Å²) in [5.74, 6) is -4.36. The van der Waals surface area contributed by atoms with E-state index < -0.39 is 51.2 Å². The van der Waals surface area contributed by atoms with Gasteiger partial charge < -0.3 is 0 Å². The highest BCUT2D eigenvalue weighted by atomic mass is 35.5. The monoisotopic (exact) mass is 445 g/mol. The smallest absolute Gasteiger partial charge is 0.283 e. The summed E-state index contributed by atoms with van der Waals surface area (Å²) in [5.41, 5.74) is -2.48. The maximum absolute atomic E-state index is 14.2. The van der Waals surface area contributed by atoms with Crippen molar-refractivity contribution in [3.8, 4) is 0 Å². The molecule has 0 amide bonds. The van der Waals surface area contributed by atoms with Gasteiger partial charge in [0.25, 0.3) is 0 Å². The summed E-state index contributed by atoms with van der Waals surface area (Å²) < 4.78 is 106. The van der Waals surface area contributed by atoms with Crippen LogP contribution in [0.15, 0.2) is 30.3 Å². The van der Waals surface area contributed by atoms with Gasteiger partial charge in [0, 0.05) is 17.9 Å². The van der Waals surface area contributed by atoms with Gasteiger partial charge in [0.15, 0.2) is 11.6 Å². The van der Waals surface area contributed by atoms with Crippen LogP contribution in [0.4, 0.5) is 32.0 Å². The highest BCUT2D eigenvalue weighted by molar-refractivity contribution is 7.92. The second-order valence-corrected chi connectivity index (χ2v) is 8.05. The first-order chi connectivity index (χ1) is 12.9. The zero-order chi connectivity index (χ0) is 21.1. The third-order valence-corrected chi connectivity index (χ3v) is 5.38. The molecule has 0 fully saturated rings. The fourth-order valence-electron chi connectivity index (χ4n) is 2.38. The van der Waals surface area contributed by atoms with E-state index in [0.29, 0.717) is 12.1 Å². The fourth-order valence-corrected chi connectivity index (χ4v) is 3.83.